The molecule has 0 saturated carbocycles. The average molecular weight is 334 g/mol. The second-order valence-electron chi connectivity index (χ2n) is 4.12. The molecule has 0 aliphatic rings. The summed E-state index contributed by atoms with van der Waals surface area (Å²) in [5.41, 5.74) is 2.38. The first kappa shape index (κ1) is 12.7. The van der Waals surface area contributed by atoms with Crippen molar-refractivity contribution in [2.45, 2.75) is 11.5 Å². The van der Waals surface area contributed by atoms with E-state index < -0.39 is 0 Å². The van der Waals surface area contributed by atoms with Crippen molar-refractivity contribution < 1.29 is 0 Å². The van der Waals surface area contributed by atoms with Crippen molar-refractivity contribution in [1.29, 1.82) is 0 Å². The van der Waals surface area contributed by atoms with Crippen LogP contribution < -0.4 is 0 Å². The third-order valence-electron chi connectivity index (χ3n) is 2.76. The van der Waals surface area contributed by atoms with Gasteiger partial charge in [-0.15, -0.1) is 0 Å². The van der Waals surface area contributed by atoms with Crippen LogP contribution in [0, 0.1) is 0 Å². The Balaban J connectivity index is 1.70. The molecule has 0 N–H and O–H groups in total. The lowest BCUT2D eigenvalue weighted by atomic mass is 10.2. The summed E-state index contributed by atoms with van der Waals surface area (Å²) in [6.07, 6.45) is 3.72. The summed E-state index contributed by atoms with van der Waals surface area (Å²) in [7, 11) is 0. The van der Waals surface area contributed by atoms with Gasteiger partial charge in [-0.3, -0.25) is 4.40 Å². The van der Waals surface area contributed by atoms with E-state index >= 15 is 0 Å². The van der Waals surface area contributed by atoms with Crippen molar-refractivity contribution in [1.82, 2.24) is 14.4 Å². The van der Waals surface area contributed by atoms with Crippen molar-refractivity contribution in [2.24, 2.45) is 0 Å². The van der Waals surface area contributed by atoms with Crippen LogP contribution in [0.1, 0.15) is 11.3 Å². The van der Waals surface area contributed by atoms with Gasteiger partial charge in [0, 0.05) is 23.9 Å². The second-order valence-corrected chi connectivity index (χ2v) is 5.85. The van der Waals surface area contributed by atoms with Crippen LogP contribution in [-0.2, 0) is 11.5 Å². The Labute approximate surface area is 124 Å². The Morgan fingerprint density at radius 1 is 1.11 bits per heavy atom. The molecule has 0 fully saturated rings. The lowest BCUT2D eigenvalue weighted by molar-refractivity contribution is 1.09. The molecule has 19 heavy (non-hydrogen) atoms. The van der Waals surface area contributed by atoms with Gasteiger partial charge in [-0.25, -0.2) is 9.97 Å². The molecule has 0 spiro atoms. The number of aromatic nitrogens is 3. The monoisotopic (exact) mass is 333 g/mol. The maximum atomic E-state index is 4.53. The molecule has 3 nitrogen and oxygen atoms in total. The van der Waals surface area contributed by atoms with Crippen LogP contribution >= 0.6 is 27.7 Å². The van der Waals surface area contributed by atoms with E-state index in [0.717, 1.165) is 27.6 Å². The maximum absolute atomic E-state index is 4.53. The topological polar surface area (TPSA) is 30.2 Å². The molecule has 3 aromatic rings. The SMILES string of the molecule is Brc1c(CSCc2ccccc2)nc2ncccn12. The fraction of sp³-hybridized carbons (Fsp3) is 0.143. The molecule has 0 bridgehead atoms. The van der Waals surface area contributed by atoms with Crippen LogP contribution in [0.4, 0.5) is 0 Å². The van der Waals surface area contributed by atoms with Gasteiger partial charge in [0.25, 0.3) is 0 Å². The Kier molecular flexibility index (Phi) is 3.84. The first-order chi connectivity index (χ1) is 9.34. The molecular formula is C14H12BrN3S. The number of rotatable bonds is 4. The zero-order chi connectivity index (χ0) is 13.1. The number of halogens is 1. The number of hydrogen-bond acceptors (Lipinski definition) is 3. The molecule has 0 saturated heterocycles. The fourth-order valence-corrected chi connectivity index (χ4v) is 3.45. The number of fused-ring (bicyclic) bond motifs is 1. The number of nitrogens with zero attached hydrogens (tertiary/aromatic N) is 3. The third-order valence-corrected chi connectivity index (χ3v) is 4.62. The minimum atomic E-state index is 0.740. The summed E-state index contributed by atoms with van der Waals surface area (Å²) < 4.78 is 2.95. The molecule has 5 heteroatoms. The second kappa shape index (κ2) is 5.75. The average Bonchev–Trinajstić information content (AvgIpc) is 2.78. The van der Waals surface area contributed by atoms with E-state index in [1.807, 2.05) is 34.5 Å². The molecule has 0 radical (unpaired) electrons. The Morgan fingerprint density at radius 2 is 1.95 bits per heavy atom. The van der Waals surface area contributed by atoms with Gasteiger partial charge in [0.15, 0.2) is 0 Å². The van der Waals surface area contributed by atoms with E-state index in [-0.39, 0.29) is 0 Å². The van der Waals surface area contributed by atoms with Crippen molar-refractivity contribution in [3.8, 4) is 0 Å². The molecule has 3 rings (SSSR count). The lowest BCUT2D eigenvalue weighted by Crippen LogP contribution is -1.86. The third kappa shape index (κ3) is 2.82. The van der Waals surface area contributed by atoms with Crippen molar-refractivity contribution in [3.63, 3.8) is 0 Å². The van der Waals surface area contributed by atoms with Gasteiger partial charge >= 0.3 is 0 Å². The minimum absolute atomic E-state index is 0.740. The molecular weight excluding hydrogens is 322 g/mol. The molecule has 1 aromatic carbocycles. The summed E-state index contributed by atoms with van der Waals surface area (Å²) in [6, 6.07) is 12.4. The Morgan fingerprint density at radius 3 is 2.74 bits per heavy atom. The van der Waals surface area contributed by atoms with E-state index in [2.05, 4.69) is 50.2 Å². The van der Waals surface area contributed by atoms with E-state index in [0.29, 0.717) is 0 Å². The molecule has 96 valence electrons. The molecule has 2 aromatic heterocycles. The highest BCUT2D eigenvalue weighted by Crippen LogP contribution is 2.24. The van der Waals surface area contributed by atoms with E-state index in [1.54, 1.807) is 6.20 Å². The highest BCUT2D eigenvalue weighted by Gasteiger charge is 2.09. The Hall–Kier alpha value is -1.33. The smallest absolute Gasteiger partial charge is 0.234 e. The predicted molar refractivity (Wildman–Crippen MR) is 82.1 cm³/mol. The maximum Gasteiger partial charge on any atom is 0.234 e. The van der Waals surface area contributed by atoms with Crippen LogP contribution in [0.3, 0.4) is 0 Å². The van der Waals surface area contributed by atoms with Crippen LogP contribution in [0.15, 0.2) is 53.4 Å². The van der Waals surface area contributed by atoms with Crippen molar-refractivity contribution >= 4 is 33.5 Å². The van der Waals surface area contributed by atoms with Crippen molar-refractivity contribution in [2.75, 3.05) is 0 Å². The van der Waals surface area contributed by atoms with E-state index in [9.17, 15) is 0 Å². The number of thioether (sulfide) groups is 1. The molecule has 0 unspecified atom stereocenters. The molecule has 0 atom stereocenters. The van der Waals surface area contributed by atoms with Gasteiger partial charge in [0.05, 0.1) is 5.69 Å². The van der Waals surface area contributed by atoms with Crippen molar-refractivity contribution in [3.05, 3.63) is 64.7 Å². The summed E-state index contributed by atoms with van der Waals surface area (Å²) in [5.74, 6) is 2.61. The van der Waals surface area contributed by atoms with Gasteiger partial charge in [-0.2, -0.15) is 11.8 Å². The normalized spacial score (nSPS) is 11.0. The molecule has 2 heterocycles. The first-order valence-electron chi connectivity index (χ1n) is 5.94. The Bertz CT molecular complexity index is 681. The van der Waals surface area contributed by atoms with Gasteiger partial charge in [-0.1, -0.05) is 30.3 Å². The summed E-state index contributed by atoms with van der Waals surface area (Å²) in [6.45, 7) is 0. The highest BCUT2D eigenvalue weighted by atomic mass is 79.9. The largest absolute Gasteiger partial charge is 0.278 e. The predicted octanol–water partition coefficient (Wildman–Crippen LogP) is 3.93. The van der Waals surface area contributed by atoms with Gasteiger partial charge in [-0.05, 0) is 27.6 Å². The highest BCUT2D eigenvalue weighted by molar-refractivity contribution is 9.10. The first-order valence-corrected chi connectivity index (χ1v) is 7.88. The van der Waals surface area contributed by atoms with E-state index in [4.69, 9.17) is 0 Å². The zero-order valence-corrected chi connectivity index (χ0v) is 12.6. The standard InChI is InChI=1S/C14H12BrN3S/c15-13-12(17-14-16-7-4-8-18(13)14)10-19-9-11-5-2-1-3-6-11/h1-8H,9-10H2. The summed E-state index contributed by atoms with van der Waals surface area (Å²) >= 11 is 5.44. The van der Waals surface area contributed by atoms with Gasteiger partial charge < -0.3 is 0 Å². The van der Waals surface area contributed by atoms with Crippen LogP contribution in [0.25, 0.3) is 5.78 Å². The number of imidazole rings is 1. The van der Waals surface area contributed by atoms with E-state index in [1.165, 1.54) is 5.56 Å². The fourth-order valence-electron chi connectivity index (χ4n) is 1.84. The number of hydrogen-bond donors (Lipinski definition) is 0. The lowest BCUT2D eigenvalue weighted by Gasteiger charge is -2.00. The quantitative estimate of drug-likeness (QED) is 0.724. The molecule has 0 aliphatic carbocycles. The van der Waals surface area contributed by atoms with Gasteiger partial charge in [0.2, 0.25) is 5.78 Å². The van der Waals surface area contributed by atoms with Crippen LogP contribution in [-0.4, -0.2) is 14.4 Å². The van der Waals surface area contributed by atoms with Crippen LogP contribution in [0.5, 0.6) is 0 Å². The molecule has 0 aliphatic heterocycles. The summed E-state index contributed by atoms with van der Waals surface area (Å²) in [5, 5.41) is 0. The zero-order valence-electron chi connectivity index (χ0n) is 10.2. The van der Waals surface area contributed by atoms with Crippen LogP contribution in [0.2, 0.25) is 0 Å². The minimum Gasteiger partial charge on any atom is -0.278 e. The summed E-state index contributed by atoms with van der Waals surface area (Å²) in [4.78, 5) is 8.77. The number of benzene rings is 1. The van der Waals surface area contributed by atoms with Gasteiger partial charge in [0.1, 0.15) is 4.60 Å². The molecule has 0 amide bonds.